The van der Waals surface area contributed by atoms with Gasteiger partial charge in [-0.25, -0.2) is 0 Å². The Labute approximate surface area is 128 Å². The van der Waals surface area contributed by atoms with Crippen LogP contribution in [0.5, 0.6) is 0 Å². The lowest BCUT2D eigenvalue weighted by molar-refractivity contribution is -0.121. The number of thiophene rings is 1. The highest BCUT2D eigenvalue weighted by Gasteiger charge is 2.10. The molecule has 1 unspecified atom stereocenters. The van der Waals surface area contributed by atoms with E-state index < -0.39 is 0 Å². The van der Waals surface area contributed by atoms with Gasteiger partial charge in [-0.05, 0) is 42.8 Å². The van der Waals surface area contributed by atoms with Crippen LogP contribution in [-0.2, 0) is 17.6 Å². The second kappa shape index (κ2) is 7.46. The van der Waals surface area contributed by atoms with Gasteiger partial charge in [0.15, 0.2) is 0 Å². The van der Waals surface area contributed by atoms with Gasteiger partial charge in [-0.3, -0.25) is 4.79 Å². The van der Waals surface area contributed by atoms with Crippen molar-refractivity contribution in [1.29, 1.82) is 0 Å². The van der Waals surface area contributed by atoms with Crippen LogP contribution in [0.25, 0.3) is 0 Å². The molecule has 1 aromatic carbocycles. The Morgan fingerprint density at radius 1 is 1.30 bits per heavy atom. The second-order valence-electron chi connectivity index (χ2n) is 4.84. The third-order valence-corrected chi connectivity index (χ3v) is 4.37. The van der Waals surface area contributed by atoms with Gasteiger partial charge in [-0.2, -0.15) is 0 Å². The normalized spacial score (nSPS) is 12.1. The summed E-state index contributed by atoms with van der Waals surface area (Å²) in [7, 11) is 0. The van der Waals surface area contributed by atoms with E-state index in [1.165, 1.54) is 4.88 Å². The number of halogens is 1. The molecule has 0 spiro atoms. The summed E-state index contributed by atoms with van der Waals surface area (Å²) in [5, 5.41) is 5.82. The molecule has 0 bridgehead atoms. The predicted molar refractivity (Wildman–Crippen MR) is 85.4 cm³/mol. The number of benzene rings is 1. The fourth-order valence-corrected chi connectivity index (χ4v) is 3.01. The summed E-state index contributed by atoms with van der Waals surface area (Å²) in [6, 6.07) is 11.9. The zero-order chi connectivity index (χ0) is 14.4. The van der Waals surface area contributed by atoms with Crippen LogP contribution in [0.2, 0.25) is 5.02 Å². The molecule has 1 aromatic heterocycles. The number of hydrogen-bond acceptors (Lipinski definition) is 2. The molecule has 0 fully saturated rings. The minimum absolute atomic E-state index is 0.0886. The van der Waals surface area contributed by atoms with Crippen molar-refractivity contribution in [3.05, 3.63) is 57.2 Å². The van der Waals surface area contributed by atoms with E-state index in [4.69, 9.17) is 11.6 Å². The van der Waals surface area contributed by atoms with Gasteiger partial charge in [0.05, 0.1) is 0 Å². The molecule has 0 saturated carbocycles. The van der Waals surface area contributed by atoms with E-state index in [1.807, 2.05) is 42.6 Å². The summed E-state index contributed by atoms with van der Waals surface area (Å²) >= 11 is 7.81. The Morgan fingerprint density at radius 2 is 2.10 bits per heavy atom. The largest absolute Gasteiger partial charge is 0.353 e. The fourth-order valence-electron chi connectivity index (χ4n) is 2.08. The molecule has 2 nitrogen and oxygen atoms in total. The van der Waals surface area contributed by atoms with Gasteiger partial charge in [-0.15, -0.1) is 11.3 Å². The molecular weight excluding hydrogens is 290 g/mol. The lowest BCUT2D eigenvalue weighted by atomic mass is 10.1. The zero-order valence-electron chi connectivity index (χ0n) is 11.4. The smallest absolute Gasteiger partial charge is 0.220 e. The molecule has 0 aliphatic rings. The van der Waals surface area contributed by atoms with Crippen molar-refractivity contribution in [3.8, 4) is 0 Å². The number of carbonyl (C=O) groups excluding carboxylic acids is 1. The van der Waals surface area contributed by atoms with Crippen molar-refractivity contribution in [2.24, 2.45) is 0 Å². The van der Waals surface area contributed by atoms with Crippen LogP contribution >= 0.6 is 22.9 Å². The van der Waals surface area contributed by atoms with Crippen LogP contribution < -0.4 is 5.32 Å². The van der Waals surface area contributed by atoms with Crippen molar-refractivity contribution in [2.45, 2.75) is 32.2 Å². The van der Waals surface area contributed by atoms with Crippen LogP contribution in [0.15, 0.2) is 41.8 Å². The number of rotatable bonds is 6. The molecule has 0 aliphatic heterocycles. The second-order valence-corrected chi connectivity index (χ2v) is 6.28. The highest BCUT2D eigenvalue weighted by molar-refractivity contribution is 7.09. The molecule has 4 heteroatoms. The highest BCUT2D eigenvalue weighted by atomic mass is 35.5. The minimum Gasteiger partial charge on any atom is -0.353 e. The third-order valence-electron chi connectivity index (χ3n) is 3.07. The van der Waals surface area contributed by atoms with E-state index >= 15 is 0 Å². The molecular formula is C16H18ClNOS. The molecule has 1 heterocycles. The van der Waals surface area contributed by atoms with Crippen molar-refractivity contribution in [2.75, 3.05) is 0 Å². The zero-order valence-corrected chi connectivity index (χ0v) is 13.0. The first-order valence-corrected chi connectivity index (χ1v) is 7.96. The molecule has 2 aromatic rings. The molecule has 2 rings (SSSR count). The maximum Gasteiger partial charge on any atom is 0.220 e. The molecule has 20 heavy (non-hydrogen) atoms. The summed E-state index contributed by atoms with van der Waals surface area (Å²) in [5.74, 6) is 0.0953. The number of aryl methyl sites for hydroxylation is 1. The molecule has 0 saturated heterocycles. The number of amides is 1. The topological polar surface area (TPSA) is 29.1 Å². The summed E-state index contributed by atoms with van der Waals surface area (Å²) < 4.78 is 0. The van der Waals surface area contributed by atoms with Gasteiger partial charge in [0, 0.05) is 22.4 Å². The Morgan fingerprint density at radius 3 is 2.80 bits per heavy atom. The quantitative estimate of drug-likeness (QED) is 0.856. The average molecular weight is 308 g/mol. The minimum atomic E-state index is 0.0886. The maximum absolute atomic E-state index is 11.9. The summed E-state index contributed by atoms with van der Waals surface area (Å²) in [5.41, 5.74) is 1.07. The number of nitrogens with one attached hydrogen (secondary N) is 1. The first-order valence-electron chi connectivity index (χ1n) is 6.70. The van der Waals surface area contributed by atoms with E-state index in [-0.39, 0.29) is 11.9 Å². The Kier molecular flexibility index (Phi) is 5.62. The first kappa shape index (κ1) is 15.1. The average Bonchev–Trinajstić information content (AvgIpc) is 2.92. The van der Waals surface area contributed by atoms with Gasteiger partial charge < -0.3 is 5.32 Å². The highest BCUT2D eigenvalue weighted by Crippen LogP contribution is 2.16. The summed E-state index contributed by atoms with van der Waals surface area (Å²) in [6.07, 6.45) is 2.10. The SMILES string of the molecule is CC(Cc1ccccc1Cl)NC(=O)CCc1cccs1. The number of carbonyl (C=O) groups is 1. The van der Waals surface area contributed by atoms with E-state index in [0.717, 1.165) is 23.4 Å². The lowest BCUT2D eigenvalue weighted by Gasteiger charge is -2.14. The first-order chi connectivity index (χ1) is 9.65. The van der Waals surface area contributed by atoms with Crippen LogP contribution in [0, 0.1) is 0 Å². The fraction of sp³-hybridized carbons (Fsp3) is 0.312. The summed E-state index contributed by atoms with van der Waals surface area (Å²) in [6.45, 7) is 2.01. The Hall–Kier alpha value is -1.32. The third kappa shape index (κ3) is 4.66. The van der Waals surface area contributed by atoms with E-state index in [0.29, 0.717) is 6.42 Å². The van der Waals surface area contributed by atoms with Crippen LogP contribution in [-0.4, -0.2) is 11.9 Å². The van der Waals surface area contributed by atoms with E-state index in [9.17, 15) is 4.79 Å². The van der Waals surface area contributed by atoms with Crippen LogP contribution in [0.1, 0.15) is 23.8 Å². The monoisotopic (exact) mass is 307 g/mol. The standard InChI is InChI=1S/C16H18ClNOS/c1-12(11-13-5-2-3-7-15(13)17)18-16(19)9-8-14-6-4-10-20-14/h2-7,10,12H,8-9,11H2,1H3,(H,18,19). The van der Waals surface area contributed by atoms with Crippen LogP contribution in [0.4, 0.5) is 0 Å². The van der Waals surface area contributed by atoms with Gasteiger partial charge >= 0.3 is 0 Å². The molecule has 106 valence electrons. The van der Waals surface area contributed by atoms with E-state index in [2.05, 4.69) is 11.4 Å². The van der Waals surface area contributed by atoms with Gasteiger partial charge in [0.25, 0.3) is 0 Å². The molecule has 0 aliphatic carbocycles. The van der Waals surface area contributed by atoms with Gasteiger partial charge in [0.1, 0.15) is 0 Å². The molecule has 1 atom stereocenters. The Balaban J connectivity index is 1.78. The molecule has 0 radical (unpaired) electrons. The van der Waals surface area contributed by atoms with Crippen molar-refractivity contribution in [3.63, 3.8) is 0 Å². The maximum atomic E-state index is 11.9. The Bertz CT molecular complexity index is 553. The van der Waals surface area contributed by atoms with E-state index in [1.54, 1.807) is 11.3 Å². The van der Waals surface area contributed by atoms with Gasteiger partial charge in [-0.1, -0.05) is 35.9 Å². The van der Waals surface area contributed by atoms with Gasteiger partial charge in [0.2, 0.25) is 5.91 Å². The predicted octanol–water partition coefficient (Wildman–Crippen LogP) is 4.08. The van der Waals surface area contributed by atoms with Crippen molar-refractivity contribution < 1.29 is 4.79 Å². The van der Waals surface area contributed by atoms with Crippen molar-refractivity contribution in [1.82, 2.24) is 5.32 Å². The lowest BCUT2D eigenvalue weighted by Crippen LogP contribution is -2.34. The molecule has 1 amide bonds. The van der Waals surface area contributed by atoms with Crippen molar-refractivity contribution >= 4 is 28.8 Å². The molecule has 1 N–H and O–H groups in total. The summed E-state index contributed by atoms with van der Waals surface area (Å²) in [4.78, 5) is 13.1. The number of hydrogen-bond donors (Lipinski definition) is 1. The van der Waals surface area contributed by atoms with Crippen LogP contribution in [0.3, 0.4) is 0 Å².